The number of nitrogens with zero attached hydrogens (tertiary/aromatic N) is 2. The highest BCUT2D eigenvalue weighted by Crippen LogP contribution is 2.35. The fourth-order valence-electron chi connectivity index (χ4n) is 3.46. The second kappa shape index (κ2) is 7.26. The van der Waals surface area contributed by atoms with E-state index >= 15 is 0 Å². The number of benzene rings is 1. The molecule has 0 aliphatic heterocycles. The molecule has 1 aliphatic carbocycles. The van der Waals surface area contributed by atoms with Gasteiger partial charge in [0.05, 0.1) is 11.7 Å². The van der Waals surface area contributed by atoms with Gasteiger partial charge in [-0.3, -0.25) is 14.2 Å². The summed E-state index contributed by atoms with van der Waals surface area (Å²) in [7, 11) is 0. The smallest absolute Gasteiger partial charge is 0.262 e. The highest BCUT2D eigenvalue weighted by atomic mass is 35.5. The van der Waals surface area contributed by atoms with Crippen LogP contribution in [0.4, 0.5) is 5.69 Å². The summed E-state index contributed by atoms with van der Waals surface area (Å²) in [5.41, 5.74) is 1.44. The molecule has 2 aromatic heterocycles. The van der Waals surface area contributed by atoms with Gasteiger partial charge >= 0.3 is 0 Å². The van der Waals surface area contributed by atoms with Crippen molar-refractivity contribution in [3.05, 3.63) is 55.4 Å². The van der Waals surface area contributed by atoms with Crippen molar-refractivity contribution in [2.24, 2.45) is 5.92 Å². The van der Waals surface area contributed by atoms with Crippen LogP contribution in [0, 0.1) is 5.92 Å². The molecular formula is C19H17Cl2N3O2S. The van der Waals surface area contributed by atoms with Crippen molar-refractivity contribution in [3.8, 4) is 0 Å². The van der Waals surface area contributed by atoms with Crippen LogP contribution >= 0.6 is 34.5 Å². The molecule has 0 saturated carbocycles. The van der Waals surface area contributed by atoms with E-state index in [1.165, 1.54) is 15.8 Å². The third-order valence-electron chi connectivity index (χ3n) is 4.74. The van der Waals surface area contributed by atoms with Crippen LogP contribution in [-0.4, -0.2) is 15.5 Å². The number of carbonyl (C=O) groups excluding carboxylic acids is 1. The molecule has 0 spiro atoms. The molecule has 1 aliphatic rings. The van der Waals surface area contributed by atoms with Crippen LogP contribution in [0.3, 0.4) is 0 Å². The van der Waals surface area contributed by atoms with E-state index in [2.05, 4.69) is 17.2 Å². The van der Waals surface area contributed by atoms with E-state index in [4.69, 9.17) is 23.2 Å². The molecule has 0 bridgehead atoms. The van der Waals surface area contributed by atoms with Crippen molar-refractivity contribution in [1.82, 2.24) is 9.55 Å². The number of thiophene rings is 1. The quantitative estimate of drug-likeness (QED) is 0.675. The first kappa shape index (κ1) is 18.5. The van der Waals surface area contributed by atoms with Gasteiger partial charge in [0.1, 0.15) is 11.4 Å². The van der Waals surface area contributed by atoms with Gasteiger partial charge in [-0.25, -0.2) is 4.98 Å². The Kier molecular flexibility index (Phi) is 4.97. The van der Waals surface area contributed by atoms with Crippen LogP contribution in [0.15, 0.2) is 29.3 Å². The van der Waals surface area contributed by atoms with Crippen molar-refractivity contribution in [2.75, 3.05) is 5.32 Å². The number of amides is 1. The van der Waals surface area contributed by atoms with Crippen LogP contribution in [0.1, 0.15) is 23.8 Å². The second-order valence-corrected chi connectivity index (χ2v) is 8.87. The summed E-state index contributed by atoms with van der Waals surface area (Å²) in [6.07, 6.45) is 4.40. The van der Waals surface area contributed by atoms with E-state index in [-0.39, 0.29) is 18.0 Å². The number of carbonyl (C=O) groups is 1. The van der Waals surface area contributed by atoms with Crippen molar-refractivity contribution in [2.45, 2.75) is 32.7 Å². The number of aromatic nitrogens is 2. The lowest BCUT2D eigenvalue weighted by atomic mass is 9.89. The van der Waals surface area contributed by atoms with Crippen LogP contribution in [-0.2, 0) is 24.2 Å². The molecule has 1 N–H and O–H groups in total. The highest BCUT2D eigenvalue weighted by molar-refractivity contribution is 7.18. The summed E-state index contributed by atoms with van der Waals surface area (Å²) < 4.78 is 1.36. The number of anilines is 1. The number of hydrogen-bond donors (Lipinski definition) is 1. The molecule has 5 nitrogen and oxygen atoms in total. The summed E-state index contributed by atoms with van der Waals surface area (Å²) in [5.74, 6) is 0.289. The molecule has 8 heteroatoms. The minimum absolute atomic E-state index is 0.118. The molecule has 0 saturated heterocycles. The Morgan fingerprint density at radius 3 is 2.81 bits per heavy atom. The SMILES string of the molecule is CC1CCc2c(sc3ncn(CC(=O)Nc4cc(Cl)cc(Cl)c4)c(=O)c23)C1. The molecule has 1 amide bonds. The topological polar surface area (TPSA) is 64.0 Å². The van der Waals surface area contributed by atoms with Gasteiger partial charge in [-0.15, -0.1) is 11.3 Å². The first-order chi connectivity index (χ1) is 12.9. The van der Waals surface area contributed by atoms with Crippen molar-refractivity contribution < 1.29 is 4.79 Å². The lowest BCUT2D eigenvalue weighted by molar-refractivity contribution is -0.116. The Morgan fingerprint density at radius 1 is 1.33 bits per heavy atom. The average molecular weight is 422 g/mol. The number of halogens is 2. The zero-order chi connectivity index (χ0) is 19.1. The van der Waals surface area contributed by atoms with Gasteiger partial charge in [0.15, 0.2) is 0 Å². The number of fused-ring (bicyclic) bond motifs is 3. The molecule has 0 fully saturated rings. The summed E-state index contributed by atoms with van der Waals surface area (Å²) in [6.45, 7) is 2.11. The predicted octanol–water partition coefficient (Wildman–Crippen LogP) is 4.53. The second-order valence-electron chi connectivity index (χ2n) is 6.92. The first-order valence-corrected chi connectivity index (χ1v) is 10.2. The minimum Gasteiger partial charge on any atom is -0.324 e. The number of hydrogen-bond acceptors (Lipinski definition) is 4. The van der Waals surface area contributed by atoms with Crippen LogP contribution in [0.25, 0.3) is 10.2 Å². The van der Waals surface area contributed by atoms with Crippen molar-refractivity contribution >= 4 is 56.3 Å². The molecule has 1 aromatic carbocycles. The zero-order valence-electron chi connectivity index (χ0n) is 14.6. The fraction of sp³-hybridized carbons (Fsp3) is 0.316. The molecule has 3 aromatic rings. The van der Waals surface area contributed by atoms with Crippen molar-refractivity contribution in [3.63, 3.8) is 0 Å². The Hall–Kier alpha value is -1.89. The van der Waals surface area contributed by atoms with Crippen LogP contribution in [0.2, 0.25) is 10.0 Å². The monoisotopic (exact) mass is 421 g/mol. The largest absolute Gasteiger partial charge is 0.324 e. The number of rotatable bonds is 3. The lowest BCUT2D eigenvalue weighted by Crippen LogP contribution is -2.28. The van der Waals surface area contributed by atoms with E-state index in [0.717, 1.165) is 29.7 Å². The molecule has 27 heavy (non-hydrogen) atoms. The highest BCUT2D eigenvalue weighted by Gasteiger charge is 2.23. The summed E-state index contributed by atoms with van der Waals surface area (Å²) >= 11 is 13.5. The third-order valence-corrected chi connectivity index (χ3v) is 6.34. The third kappa shape index (κ3) is 3.74. The lowest BCUT2D eigenvalue weighted by Gasteiger charge is -2.17. The van der Waals surface area contributed by atoms with Crippen LogP contribution in [0.5, 0.6) is 0 Å². The molecule has 140 valence electrons. The van der Waals surface area contributed by atoms with Gasteiger partial charge in [-0.2, -0.15) is 0 Å². The molecule has 1 atom stereocenters. The van der Waals surface area contributed by atoms with Gasteiger partial charge in [0, 0.05) is 20.6 Å². The van der Waals surface area contributed by atoms with Gasteiger partial charge < -0.3 is 5.32 Å². The average Bonchev–Trinajstić information content (AvgIpc) is 2.94. The van der Waals surface area contributed by atoms with Gasteiger partial charge in [0.25, 0.3) is 5.56 Å². The van der Waals surface area contributed by atoms with E-state index < -0.39 is 0 Å². The predicted molar refractivity (Wildman–Crippen MR) is 110 cm³/mol. The minimum atomic E-state index is -0.339. The fourth-order valence-corrected chi connectivity index (χ4v) is 5.33. The normalized spacial score (nSPS) is 16.3. The molecular weight excluding hydrogens is 405 g/mol. The summed E-state index contributed by atoms with van der Waals surface area (Å²) in [5, 5.41) is 4.24. The maximum absolute atomic E-state index is 12.9. The number of nitrogens with one attached hydrogen (secondary N) is 1. The van der Waals surface area contributed by atoms with E-state index in [1.54, 1.807) is 29.5 Å². The maximum Gasteiger partial charge on any atom is 0.262 e. The standard InChI is InChI=1S/C19H17Cl2N3O2S/c1-10-2-3-14-15(4-10)27-18-17(14)19(26)24(9-22-18)8-16(25)23-13-6-11(20)5-12(21)7-13/h5-7,9-10H,2-4,8H2,1H3,(H,23,25). The van der Waals surface area contributed by atoms with Gasteiger partial charge in [0.2, 0.25) is 5.91 Å². The summed E-state index contributed by atoms with van der Waals surface area (Å²) in [4.78, 5) is 31.8. The molecule has 4 rings (SSSR count). The van der Waals surface area contributed by atoms with E-state index in [0.29, 0.717) is 27.0 Å². The first-order valence-electron chi connectivity index (χ1n) is 8.66. The number of aryl methyl sites for hydroxylation is 1. The Labute approximate surface area is 169 Å². The molecule has 0 radical (unpaired) electrons. The van der Waals surface area contributed by atoms with Crippen molar-refractivity contribution in [1.29, 1.82) is 0 Å². The molecule has 1 unspecified atom stereocenters. The van der Waals surface area contributed by atoms with Gasteiger partial charge in [-0.1, -0.05) is 30.1 Å². The Balaban J connectivity index is 1.61. The summed E-state index contributed by atoms with van der Waals surface area (Å²) in [6, 6.07) is 4.79. The Morgan fingerprint density at radius 2 is 2.07 bits per heavy atom. The van der Waals surface area contributed by atoms with Crippen LogP contribution < -0.4 is 10.9 Å². The maximum atomic E-state index is 12.9. The molecule has 2 heterocycles. The zero-order valence-corrected chi connectivity index (χ0v) is 16.9. The van der Waals surface area contributed by atoms with E-state index in [9.17, 15) is 9.59 Å². The van der Waals surface area contributed by atoms with Gasteiger partial charge in [-0.05, 0) is 48.9 Å². The Bertz CT molecular complexity index is 1090. The van der Waals surface area contributed by atoms with E-state index in [1.807, 2.05) is 0 Å².